The molecule has 4 nitrogen and oxygen atoms in total. The van der Waals surface area contributed by atoms with Crippen LogP contribution in [0.4, 0.5) is 5.69 Å². The standard InChI is InChI=1S/C14H21ClN2O2/c1-4-10(2)17-14(18)7-8-16-11-5-6-13(19-3)12(15)9-11/h5-6,9-10,16H,4,7-8H2,1-3H3,(H,17,18). The zero-order valence-electron chi connectivity index (χ0n) is 11.6. The van der Waals surface area contributed by atoms with E-state index < -0.39 is 0 Å². The fourth-order valence-corrected chi connectivity index (χ4v) is 1.80. The first-order valence-corrected chi connectivity index (χ1v) is 6.81. The molecule has 1 atom stereocenters. The summed E-state index contributed by atoms with van der Waals surface area (Å²) in [6.07, 6.45) is 1.38. The minimum absolute atomic E-state index is 0.0569. The highest BCUT2D eigenvalue weighted by atomic mass is 35.5. The van der Waals surface area contributed by atoms with Crippen LogP contribution in [0.25, 0.3) is 0 Å². The maximum atomic E-state index is 11.6. The van der Waals surface area contributed by atoms with E-state index in [1.165, 1.54) is 0 Å². The van der Waals surface area contributed by atoms with Crippen molar-refractivity contribution >= 4 is 23.2 Å². The molecule has 1 aromatic rings. The van der Waals surface area contributed by atoms with Crippen molar-refractivity contribution in [3.63, 3.8) is 0 Å². The second-order valence-corrected chi connectivity index (χ2v) is 4.81. The van der Waals surface area contributed by atoms with Gasteiger partial charge in [0.2, 0.25) is 5.91 Å². The fraction of sp³-hybridized carbons (Fsp3) is 0.500. The molecule has 0 saturated carbocycles. The molecule has 0 saturated heterocycles. The minimum Gasteiger partial charge on any atom is -0.495 e. The highest BCUT2D eigenvalue weighted by Crippen LogP contribution is 2.27. The number of hydrogen-bond acceptors (Lipinski definition) is 3. The van der Waals surface area contributed by atoms with Gasteiger partial charge in [-0.3, -0.25) is 4.79 Å². The second-order valence-electron chi connectivity index (χ2n) is 4.40. The van der Waals surface area contributed by atoms with Gasteiger partial charge in [-0.05, 0) is 31.5 Å². The van der Waals surface area contributed by atoms with Crippen molar-refractivity contribution in [1.29, 1.82) is 0 Å². The van der Waals surface area contributed by atoms with E-state index in [4.69, 9.17) is 16.3 Å². The van der Waals surface area contributed by atoms with E-state index >= 15 is 0 Å². The molecule has 5 heteroatoms. The molecule has 0 aromatic heterocycles. The number of benzene rings is 1. The van der Waals surface area contributed by atoms with Gasteiger partial charge >= 0.3 is 0 Å². The monoisotopic (exact) mass is 284 g/mol. The highest BCUT2D eigenvalue weighted by molar-refractivity contribution is 6.32. The van der Waals surface area contributed by atoms with Crippen LogP contribution in [-0.2, 0) is 4.79 Å². The molecule has 0 aliphatic rings. The lowest BCUT2D eigenvalue weighted by molar-refractivity contribution is -0.121. The molecule has 0 spiro atoms. The van der Waals surface area contributed by atoms with Crippen molar-refractivity contribution in [2.24, 2.45) is 0 Å². The number of anilines is 1. The minimum atomic E-state index is 0.0569. The Kier molecular flexibility index (Phi) is 6.50. The molecular formula is C14H21ClN2O2. The van der Waals surface area contributed by atoms with Crippen LogP contribution in [-0.4, -0.2) is 25.6 Å². The first kappa shape index (κ1) is 15.6. The van der Waals surface area contributed by atoms with E-state index in [-0.39, 0.29) is 11.9 Å². The average Bonchev–Trinajstić information content (AvgIpc) is 2.38. The van der Waals surface area contributed by atoms with Crippen LogP contribution in [0.3, 0.4) is 0 Å². The summed E-state index contributed by atoms with van der Waals surface area (Å²) in [5.41, 5.74) is 0.877. The van der Waals surface area contributed by atoms with E-state index in [0.717, 1.165) is 12.1 Å². The first-order chi connectivity index (χ1) is 9.06. The van der Waals surface area contributed by atoms with Crippen LogP contribution in [0.5, 0.6) is 5.75 Å². The molecule has 0 heterocycles. The molecule has 19 heavy (non-hydrogen) atoms. The highest BCUT2D eigenvalue weighted by Gasteiger charge is 2.05. The van der Waals surface area contributed by atoms with Gasteiger partial charge in [0.25, 0.3) is 0 Å². The van der Waals surface area contributed by atoms with Crippen molar-refractivity contribution in [2.45, 2.75) is 32.7 Å². The third kappa shape index (κ3) is 5.39. The smallest absolute Gasteiger partial charge is 0.221 e. The SMILES string of the molecule is CCC(C)NC(=O)CCNc1ccc(OC)c(Cl)c1. The lowest BCUT2D eigenvalue weighted by Crippen LogP contribution is -2.32. The number of methoxy groups -OCH3 is 1. The average molecular weight is 285 g/mol. The Morgan fingerprint density at radius 3 is 2.79 bits per heavy atom. The zero-order valence-corrected chi connectivity index (χ0v) is 12.4. The first-order valence-electron chi connectivity index (χ1n) is 6.43. The molecule has 0 bridgehead atoms. The quantitative estimate of drug-likeness (QED) is 0.809. The number of carbonyl (C=O) groups is 1. The van der Waals surface area contributed by atoms with Crippen molar-refractivity contribution in [3.05, 3.63) is 23.2 Å². The Morgan fingerprint density at radius 1 is 1.47 bits per heavy atom. The van der Waals surface area contributed by atoms with E-state index in [9.17, 15) is 4.79 Å². The summed E-state index contributed by atoms with van der Waals surface area (Å²) in [5.74, 6) is 0.697. The van der Waals surface area contributed by atoms with Gasteiger partial charge in [0.1, 0.15) is 5.75 Å². The van der Waals surface area contributed by atoms with Gasteiger partial charge in [-0.1, -0.05) is 18.5 Å². The molecule has 1 rings (SSSR count). The van der Waals surface area contributed by atoms with Gasteiger partial charge in [0, 0.05) is 24.7 Å². The molecule has 0 radical (unpaired) electrons. The Hall–Kier alpha value is -1.42. The van der Waals surface area contributed by atoms with Crippen molar-refractivity contribution in [2.75, 3.05) is 19.0 Å². The molecule has 0 aliphatic carbocycles. The van der Waals surface area contributed by atoms with E-state index in [1.54, 1.807) is 19.2 Å². The molecule has 1 amide bonds. The predicted molar refractivity (Wildman–Crippen MR) is 79.0 cm³/mol. The fourth-order valence-electron chi connectivity index (χ4n) is 1.55. The summed E-state index contributed by atoms with van der Waals surface area (Å²) in [6, 6.07) is 5.68. The molecule has 0 fully saturated rings. The Labute approximate surface area is 119 Å². The number of ether oxygens (including phenoxy) is 1. The van der Waals surface area contributed by atoms with Crippen LogP contribution < -0.4 is 15.4 Å². The maximum Gasteiger partial charge on any atom is 0.221 e. The van der Waals surface area contributed by atoms with Gasteiger partial charge in [-0.25, -0.2) is 0 Å². The van der Waals surface area contributed by atoms with Crippen LogP contribution in [0, 0.1) is 0 Å². The van der Waals surface area contributed by atoms with Crippen LogP contribution in [0.2, 0.25) is 5.02 Å². The number of carbonyl (C=O) groups excluding carboxylic acids is 1. The van der Waals surface area contributed by atoms with E-state index in [0.29, 0.717) is 23.7 Å². The summed E-state index contributed by atoms with van der Waals surface area (Å²) >= 11 is 6.01. The lowest BCUT2D eigenvalue weighted by Gasteiger charge is -2.12. The molecule has 2 N–H and O–H groups in total. The summed E-state index contributed by atoms with van der Waals surface area (Å²) in [6.45, 7) is 4.61. The molecule has 0 aliphatic heterocycles. The van der Waals surface area contributed by atoms with Crippen molar-refractivity contribution in [1.82, 2.24) is 5.32 Å². The van der Waals surface area contributed by atoms with E-state index in [1.807, 2.05) is 19.9 Å². The summed E-state index contributed by atoms with van der Waals surface area (Å²) in [7, 11) is 1.58. The molecule has 106 valence electrons. The van der Waals surface area contributed by atoms with Gasteiger partial charge in [0.05, 0.1) is 12.1 Å². The largest absolute Gasteiger partial charge is 0.495 e. The Balaban J connectivity index is 2.37. The topological polar surface area (TPSA) is 50.4 Å². The Bertz CT molecular complexity index is 424. The number of nitrogens with one attached hydrogen (secondary N) is 2. The normalized spacial score (nSPS) is 11.8. The number of halogens is 1. The van der Waals surface area contributed by atoms with Crippen molar-refractivity contribution in [3.8, 4) is 5.75 Å². The maximum absolute atomic E-state index is 11.6. The Morgan fingerprint density at radius 2 is 2.21 bits per heavy atom. The van der Waals surface area contributed by atoms with Crippen LogP contribution >= 0.6 is 11.6 Å². The number of rotatable bonds is 7. The van der Waals surface area contributed by atoms with Gasteiger partial charge in [-0.2, -0.15) is 0 Å². The summed E-state index contributed by atoms with van der Waals surface area (Å²) < 4.78 is 5.07. The second kappa shape index (κ2) is 7.89. The van der Waals surface area contributed by atoms with Crippen molar-refractivity contribution < 1.29 is 9.53 Å². The third-order valence-corrected chi connectivity index (χ3v) is 3.15. The van der Waals surface area contributed by atoms with Gasteiger partial charge < -0.3 is 15.4 Å². The number of hydrogen-bond donors (Lipinski definition) is 2. The molecular weight excluding hydrogens is 264 g/mol. The molecule has 1 unspecified atom stereocenters. The predicted octanol–water partition coefficient (Wildman–Crippen LogP) is 3.07. The van der Waals surface area contributed by atoms with Gasteiger partial charge in [0.15, 0.2) is 0 Å². The van der Waals surface area contributed by atoms with Gasteiger partial charge in [-0.15, -0.1) is 0 Å². The van der Waals surface area contributed by atoms with Crippen LogP contribution in [0.1, 0.15) is 26.7 Å². The van der Waals surface area contributed by atoms with Crippen LogP contribution in [0.15, 0.2) is 18.2 Å². The summed E-state index contributed by atoms with van der Waals surface area (Å²) in [4.78, 5) is 11.6. The third-order valence-electron chi connectivity index (χ3n) is 2.85. The van der Waals surface area contributed by atoms with E-state index in [2.05, 4.69) is 10.6 Å². The lowest BCUT2D eigenvalue weighted by atomic mass is 10.2. The number of amides is 1. The molecule has 1 aromatic carbocycles. The summed E-state index contributed by atoms with van der Waals surface area (Å²) in [5, 5.41) is 6.63. The zero-order chi connectivity index (χ0) is 14.3.